The van der Waals surface area contributed by atoms with Crippen LogP contribution in [0.5, 0.6) is 5.75 Å². The number of aromatic nitrogens is 2. The number of hydrogen-bond donors (Lipinski definition) is 2. The van der Waals surface area contributed by atoms with E-state index in [1.165, 1.54) is 5.56 Å². The number of nitrogens with zero attached hydrogens (tertiary/aromatic N) is 3. The molecule has 0 radical (unpaired) electrons. The van der Waals surface area contributed by atoms with Crippen LogP contribution >= 0.6 is 0 Å². The molecule has 136 valence electrons. The summed E-state index contributed by atoms with van der Waals surface area (Å²) in [6.45, 7) is 5.52. The Balaban J connectivity index is 1.73. The molecular formula is C18H27N5O2. The highest BCUT2D eigenvalue weighted by Gasteiger charge is 2.09. The number of nitrogens with one attached hydrogen (secondary N) is 2. The molecule has 2 rings (SSSR count). The molecule has 0 bridgehead atoms. The van der Waals surface area contributed by atoms with Gasteiger partial charge in [0.15, 0.2) is 11.8 Å². The van der Waals surface area contributed by atoms with E-state index in [1.54, 1.807) is 14.2 Å². The number of benzene rings is 1. The third kappa shape index (κ3) is 5.77. The van der Waals surface area contributed by atoms with Crippen LogP contribution in [-0.2, 0) is 12.8 Å². The summed E-state index contributed by atoms with van der Waals surface area (Å²) in [5.41, 5.74) is 1.17. The van der Waals surface area contributed by atoms with Crippen LogP contribution in [-0.4, -0.2) is 43.3 Å². The molecule has 0 saturated carbocycles. The normalized spacial score (nSPS) is 11.6. The fourth-order valence-electron chi connectivity index (χ4n) is 2.34. The van der Waals surface area contributed by atoms with Gasteiger partial charge in [0.2, 0.25) is 5.89 Å². The smallest absolute Gasteiger partial charge is 0.228 e. The van der Waals surface area contributed by atoms with Crippen LogP contribution in [0.2, 0.25) is 0 Å². The van der Waals surface area contributed by atoms with Gasteiger partial charge in [-0.05, 0) is 18.1 Å². The Morgan fingerprint density at radius 1 is 1.20 bits per heavy atom. The molecule has 0 unspecified atom stereocenters. The molecule has 0 saturated heterocycles. The van der Waals surface area contributed by atoms with Crippen molar-refractivity contribution >= 4 is 5.96 Å². The zero-order chi connectivity index (χ0) is 18.1. The van der Waals surface area contributed by atoms with Crippen LogP contribution in [0.25, 0.3) is 0 Å². The van der Waals surface area contributed by atoms with Gasteiger partial charge in [0.05, 0.1) is 7.11 Å². The molecule has 2 aromatic rings. The van der Waals surface area contributed by atoms with Crippen LogP contribution in [0.4, 0.5) is 0 Å². The number of ether oxygens (including phenoxy) is 1. The summed E-state index contributed by atoms with van der Waals surface area (Å²) in [7, 11) is 3.44. The van der Waals surface area contributed by atoms with Gasteiger partial charge in [-0.1, -0.05) is 37.2 Å². The lowest BCUT2D eigenvalue weighted by Gasteiger charge is -2.12. The first-order valence-corrected chi connectivity index (χ1v) is 8.53. The van der Waals surface area contributed by atoms with Gasteiger partial charge in [-0.15, -0.1) is 0 Å². The average molecular weight is 345 g/mol. The van der Waals surface area contributed by atoms with Crippen molar-refractivity contribution in [1.29, 1.82) is 0 Å². The molecule has 25 heavy (non-hydrogen) atoms. The zero-order valence-corrected chi connectivity index (χ0v) is 15.4. The van der Waals surface area contributed by atoms with E-state index in [4.69, 9.17) is 9.26 Å². The van der Waals surface area contributed by atoms with E-state index in [-0.39, 0.29) is 5.92 Å². The highest BCUT2D eigenvalue weighted by atomic mass is 16.5. The van der Waals surface area contributed by atoms with Crippen molar-refractivity contribution in [3.05, 3.63) is 41.5 Å². The number of aliphatic imine (C=N–C) groups is 1. The van der Waals surface area contributed by atoms with Crippen molar-refractivity contribution in [2.45, 2.75) is 32.6 Å². The van der Waals surface area contributed by atoms with Gasteiger partial charge in [-0.2, -0.15) is 4.98 Å². The maximum Gasteiger partial charge on any atom is 0.228 e. The summed E-state index contributed by atoms with van der Waals surface area (Å²) in [6.07, 6.45) is 1.51. The van der Waals surface area contributed by atoms with E-state index < -0.39 is 0 Å². The summed E-state index contributed by atoms with van der Waals surface area (Å²) in [6, 6.07) is 8.02. The van der Waals surface area contributed by atoms with Crippen LogP contribution < -0.4 is 15.4 Å². The highest BCUT2D eigenvalue weighted by Crippen LogP contribution is 2.17. The number of rotatable bonds is 8. The zero-order valence-electron chi connectivity index (χ0n) is 15.4. The molecule has 7 nitrogen and oxygen atoms in total. The molecule has 0 aliphatic rings. The maximum atomic E-state index is 5.36. The minimum absolute atomic E-state index is 0.273. The Morgan fingerprint density at radius 3 is 2.56 bits per heavy atom. The third-order valence-electron chi connectivity index (χ3n) is 3.73. The lowest BCUT2D eigenvalue weighted by atomic mass is 10.1. The third-order valence-corrected chi connectivity index (χ3v) is 3.73. The molecule has 0 fully saturated rings. The van der Waals surface area contributed by atoms with Gasteiger partial charge in [0, 0.05) is 32.5 Å². The average Bonchev–Trinajstić information content (AvgIpc) is 3.10. The monoisotopic (exact) mass is 345 g/mol. The number of hydrogen-bond acceptors (Lipinski definition) is 5. The Bertz CT molecular complexity index is 682. The van der Waals surface area contributed by atoms with Crippen molar-refractivity contribution in [1.82, 2.24) is 20.8 Å². The predicted octanol–water partition coefficient (Wildman–Crippen LogP) is 2.15. The molecule has 1 aromatic heterocycles. The Morgan fingerprint density at radius 2 is 1.92 bits per heavy atom. The summed E-state index contributed by atoms with van der Waals surface area (Å²) in [5.74, 6) is 3.31. The second-order valence-corrected chi connectivity index (χ2v) is 5.94. The molecule has 0 amide bonds. The first kappa shape index (κ1) is 18.8. The Kier molecular flexibility index (Phi) is 7.25. The molecule has 2 N–H and O–H groups in total. The van der Waals surface area contributed by atoms with Crippen LogP contribution in [0.3, 0.4) is 0 Å². The number of methoxy groups -OCH3 is 1. The molecule has 0 spiro atoms. The molecule has 0 aliphatic carbocycles. The fraction of sp³-hybridized carbons (Fsp3) is 0.500. The number of guanidine groups is 1. The summed E-state index contributed by atoms with van der Waals surface area (Å²) < 4.78 is 10.6. The van der Waals surface area contributed by atoms with E-state index in [1.807, 2.05) is 32.0 Å². The van der Waals surface area contributed by atoms with E-state index in [2.05, 4.69) is 31.8 Å². The summed E-state index contributed by atoms with van der Waals surface area (Å²) in [4.78, 5) is 8.58. The standard InChI is InChI=1S/C18H27N5O2/c1-13(2)17-22-16(25-23-17)10-12-21-18(19-3)20-11-9-14-7-5-6-8-15(14)24-4/h5-8,13H,9-12H2,1-4H3,(H2,19,20,21). The second-order valence-electron chi connectivity index (χ2n) is 5.94. The van der Waals surface area contributed by atoms with Gasteiger partial charge in [-0.3, -0.25) is 4.99 Å². The van der Waals surface area contributed by atoms with Crippen molar-refractivity contribution < 1.29 is 9.26 Å². The largest absolute Gasteiger partial charge is 0.496 e. The minimum Gasteiger partial charge on any atom is -0.496 e. The number of para-hydroxylation sites is 1. The lowest BCUT2D eigenvalue weighted by molar-refractivity contribution is 0.371. The highest BCUT2D eigenvalue weighted by molar-refractivity contribution is 5.79. The van der Waals surface area contributed by atoms with Crippen molar-refractivity contribution in [3.63, 3.8) is 0 Å². The van der Waals surface area contributed by atoms with Crippen LogP contribution in [0.15, 0.2) is 33.8 Å². The topological polar surface area (TPSA) is 84.6 Å². The van der Waals surface area contributed by atoms with Gasteiger partial charge in [0.1, 0.15) is 5.75 Å². The van der Waals surface area contributed by atoms with Gasteiger partial charge < -0.3 is 19.9 Å². The van der Waals surface area contributed by atoms with Gasteiger partial charge in [-0.25, -0.2) is 0 Å². The SMILES string of the molecule is CN=C(NCCc1nc(C(C)C)no1)NCCc1ccccc1OC. The first-order valence-electron chi connectivity index (χ1n) is 8.53. The Labute approximate surface area is 148 Å². The summed E-state index contributed by atoms with van der Waals surface area (Å²) >= 11 is 0. The molecule has 1 heterocycles. The quantitative estimate of drug-likeness (QED) is 0.563. The second kappa shape index (κ2) is 9.66. The van der Waals surface area contributed by atoms with Crippen molar-refractivity contribution in [2.75, 3.05) is 27.2 Å². The van der Waals surface area contributed by atoms with E-state index in [0.29, 0.717) is 18.9 Å². The van der Waals surface area contributed by atoms with Crippen LogP contribution in [0.1, 0.15) is 37.0 Å². The molecule has 1 aromatic carbocycles. The minimum atomic E-state index is 0.273. The maximum absolute atomic E-state index is 5.36. The van der Waals surface area contributed by atoms with E-state index in [9.17, 15) is 0 Å². The fourth-order valence-corrected chi connectivity index (χ4v) is 2.34. The van der Waals surface area contributed by atoms with Crippen LogP contribution in [0, 0.1) is 0 Å². The van der Waals surface area contributed by atoms with E-state index in [0.717, 1.165) is 30.5 Å². The predicted molar refractivity (Wildman–Crippen MR) is 98.2 cm³/mol. The van der Waals surface area contributed by atoms with Crippen molar-refractivity contribution in [3.8, 4) is 5.75 Å². The van der Waals surface area contributed by atoms with Crippen molar-refractivity contribution in [2.24, 2.45) is 4.99 Å². The Hall–Kier alpha value is -2.57. The lowest BCUT2D eigenvalue weighted by Crippen LogP contribution is -2.39. The van der Waals surface area contributed by atoms with Gasteiger partial charge in [0.25, 0.3) is 0 Å². The van der Waals surface area contributed by atoms with E-state index >= 15 is 0 Å². The van der Waals surface area contributed by atoms with Gasteiger partial charge >= 0.3 is 0 Å². The molecule has 0 aliphatic heterocycles. The molecule has 7 heteroatoms. The molecule has 0 atom stereocenters. The first-order chi connectivity index (χ1) is 12.1. The summed E-state index contributed by atoms with van der Waals surface area (Å²) in [5, 5.41) is 10.5. The molecular weight excluding hydrogens is 318 g/mol.